The van der Waals surface area contributed by atoms with Gasteiger partial charge in [0.2, 0.25) is 12.7 Å². The standard InChI is InChI=1S/C21H19N3O6/c1-12(24-20(27)14-4-2-3-5-15(14)21(24)28)18(25)22-8-9-23-19(26)13-6-7-16-17(10-13)30-11-29-16/h2-7,10,12H,8-9,11H2,1H3,(H,22,25)(H,23,26). The number of rotatable bonds is 6. The van der Waals surface area contributed by atoms with E-state index in [1.807, 2.05) is 0 Å². The molecule has 2 N–H and O–H groups in total. The number of amides is 4. The van der Waals surface area contributed by atoms with Crippen LogP contribution in [0, 0.1) is 0 Å². The molecule has 2 heterocycles. The van der Waals surface area contributed by atoms with Gasteiger partial charge in [0.25, 0.3) is 17.7 Å². The van der Waals surface area contributed by atoms with Crippen LogP contribution in [0.25, 0.3) is 0 Å². The van der Waals surface area contributed by atoms with E-state index in [2.05, 4.69) is 10.6 Å². The SMILES string of the molecule is CC(C(=O)NCCNC(=O)c1ccc2c(c1)OCO2)N1C(=O)c2ccccc2C1=O. The van der Waals surface area contributed by atoms with Gasteiger partial charge in [-0.25, -0.2) is 0 Å². The van der Waals surface area contributed by atoms with Crippen LogP contribution >= 0.6 is 0 Å². The number of ether oxygens (including phenoxy) is 2. The van der Waals surface area contributed by atoms with Crippen LogP contribution in [0.4, 0.5) is 0 Å². The summed E-state index contributed by atoms with van der Waals surface area (Å²) >= 11 is 0. The van der Waals surface area contributed by atoms with E-state index in [4.69, 9.17) is 9.47 Å². The van der Waals surface area contributed by atoms with Gasteiger partial charge < -0.3 is 20.1 Å². The Kier molecular flexibility index (Phi) is 5.09. The van der Waals surface area contributed by atoms with Crippen molar-refractivity contribution in [2.24, 2.45) is 0 Å². The number of carbonyl (C=O) groups excluding carboxylic acids is 4. The first-order chi connectivity index (χ1) is 14.5. The molecule has 4 amide bonds. The number of benzene rings is 2. The first-order valence-corrected chi connectivity index (χ1v) is 9.40. The fourth-order valence-electron chi connectivity index (χ4n) is 3.33. The van der Waals surface area contributed by atoms with Crippen molar-refractivity contribution in [3.8, 4) is 11.5 Å². The van der Waals surface area contributed by atoms with Crippen LogP contribution in [-0.2, 0) is 4.79 Å². The summed E-state index contributed by atoms with van der Waals surface area (Å²) in [6, 6.07) is 10.3. The summed E-state index contributed by atoms with van der Waals surface area (Å²) in [5, 5.41) is 5.32. The summed E-state index contributed by atoms with van der Waals surface area (Å²) < 4.78 is 10.4. The summed E-state index contributed by atoms with van der Waals surface area (Å²) in [5.41, 5.74) is 0.987. The van der Waals surface area contributed by atoms with E-state index in [0.717, 1.165) is 4.90 Å². The van der Waals surface area contributed by atoms with Crippen LogP contribution in [0.15, 0.2) is 42.5 Å². The lowest BCUT2D eigenvalue weighted by atomic mass is 10.1. The molecule has 0 fully saturated rings. The second-order valence-corrected chi connectivity index (χ2v) is 6.82. The number of hydrogen-bond acceptors (Lipinski definition) is 6. The molecule has 0 saturated carbocycles. The molecule has 0 spiro atoms. The molecule has 2 aromatic carbocycles. The van der Waals surface area contributed by atoms with Gasteiger partial charge in [0.1, 0.15) is 6.04 Å². The normalized spacial score (nSPS) is 15.0. The lowest BCUT2D eigenvalue weighted by Gasteiger charge is -2.21. The van der Waals surface area contributed by atoms with Crippen molar-refractivity contribution in [2.75, 3.05) is 19.9 Å². The van der Waals surface area contributed by atoms with Gasteiger partial charge >= 0.3 is 0 Å². The molecule has 0 aromatic heterocycles. The molecule has 2 aliphatic heterocycles. The Labute approximate surface area is 171 Å². The van der Waals surface area contributed by atoms with Gasteiger partial charge in [0.15, 0.2) is 11.5 Å². The maximum absolute atomic E-state index is 12.5. The molecule has 1 unspecified atom stereocenters. The van der Waals surface area contributed by atoms with Crippen LogP contribution in [0.5, 0.6) is 11.5 Å². The summed E-state index contributed by atoms with van der Waals surface area (Å²) in [6.45, 7) is 1.93. The molecule has 0 aliphatic carbocycles. The highest BCUT2D eigenvalue weighted by molar-refractivity contribution is 6.22. The zero-order valence-electron chi connectivity index (χ0n) is 16.1. The average molecular weight is 409 g/mol. The number of imide groups is 1. The Hall–Kier alpha value is -3.88. The number of nitrogens with one attached hydrogen (secondary N) is 2. The molecule has 0 bridgehead atoms. The highest BCUT2D eigenvalue weighted by Gasteiger charge is 2.40. The van der Waals surface area contributed by atoms with Crippen LogP contribution in [-0.4, -0.2) is 54.5 Å². The largest absolute Gasteiger partial charge is 0.454 e. The van der Waals surface area contributed by atoms with Crippen LogP contribution < -0.4 is 20.1 Å². The van der Waals surface area contributed by atoms with E-state index in [0.29, 0.717) is 17.1 Å². The Morgan fingerprint density at radius 3 is 2.30 bits per heavy atom. The first-order valence-electron chi connectivity index (χ1n) is 9.40. The quantitative estimate of drug-likeness (QED) is 0.542. The van der Waals surface area contributed by atoms with Crippen LogP contribution in [0.3, 0.4) is 0 Å². The third-order valence-electron chi connectivity index (χ3n) is 4.94. The van der Waals surface area contributed by atoms with Crippen molar-refractivity contribution in [2.45, 2.75) is 13.0 Å². The predicted octanol–water partition coefficient (Wildman–Crippen LogP) is 0.946. The maximum atomic E-state index is 12.5. The molecule has 2 aliphatic rings. The van der Waals surface area contributed by atoms with E-state index in [9.17, 15) is 19.2 Å². The molecule has 0 saturated heterocycles. The zero-order chi connectivity index (χ0) is 21.3. The Morgan fingerprint density at radius 1 is 0.967 bits per heavy atom. The zero-order valence-corrected chi connectivity index (χ0v) is 16.1. The van der Waals surface area contributed by atoms with Gasteiger partial charge in [-0.3, -0.25) is 24.1 Å². The average Bonchev–Trinajstić information content (AvgIpc) is 3.33. The van der Waals surface area contributed by atoms with E-state index in [-0.39, 0.29) is 36.9 Å². The van der Waals surface area contributed by atoms with Gasteiger partial charge in [0.05, 0.1) is 11.1 Å². The highest BCUT2D eigenvalue weighted by atomic mass is 16.7. The van der Waals surface area contributed by atoms with Crippen LogP contribution in [0.1, 0.15) is 38.0 Å². The monoisotopic (exact) mass is 409 g/mol. The highest BCUT2D eigenvalue weighted by Crippen LogP contribution is 2.32. The fourth-order valence-corrected chi connectivity index (χ4v) is 3.33. The summed E-state index contributed by atoms with van der Waals surface area (Å²) in [6.07, 6.45) is 0. The van der Waals surface area contributed by atoms with E-state index >= 15 is 0 Å². The molecule has 0 radical (unpaired) electrons. The summed E-state index contributed by atoms with van der Waals surface area (Å²) in [7, 11) is 0. The maximum Gasteiger partial charge on any atom is 0.262 e. The number of nitrogens with zero attached hydrogens (tertiary/aromatic N) is 1. The van der Waals surface area contributed by atoms with E-state index < -0.39 is 23.8 Å². The smallest absolute Gasteiger partial charge is 0.262 e. The number of fused-ring (bicyclic) bond motifs is 2. The minimum Gasteiger partial charge on any atom is -0.454 e. The minimum absolute atomic E-state index is 0.123. The fraction of sp³-hybridized carbons (Fsp3) is 0.238. The number of hydrogen-bond donors (Lipinski definition) is 2. The van der Waals surface area contributed by atoms with Gasteiger partial charge in [0, 0.05) is 18.7 Å². The number of carbonyl (C=O) groups is 4. The van der Waals surface area contributed by atoms with Crippen molar-refractivity contribution in [3.63, 3.8) is 0 Å². The molecular formula is C21H19N3O6. The van der Waals surface area contributed by atoms with Gasteiger partial charge in [-0.15, -0.1) is 0 Å². The Bertz CT molecular complexity index is 1020. The van der Waals surface area contributed by atoms with Crippen molar-refractivity contribution < 1.29 is 28.7 Å². The molecular weight excluding hydrogens is 390 g/mol. The van der Waals surface area contributed by atoms with Crippen molar-refractivity contribution in [3.05, 3.63) is 59.2 Å². The Balaban J connectivity index is 1.27. The van der Waals surface area contributed by atoms with Gasteiger partial charge in [-0.2, -0.15) is 0 Å². The molecule has 4 rings (SSSR count). The van der Waals surface area contributed by atoms with E-state index in [1.165, 1.54) is 6.92 Å². The lowest BCUT2D eigenvalue weighted by molar-refractivity contribution is -0.124. The first kappa shape index (κ1) is 19.4. The lowest BCUT2D eigenvalue weighted by Crippen LogP contribution is -2.49. The molecule has 154 valence electrons. The third-order valence-corrected chi connectivity index (χ3v) is 4.94. The molecule has 2 aromatic rings. The van der Waals surface area contributed by atoms with E-state index in [1.54, 1.807) is 42.5 Å². The minimum atomic E-state index is -0.970. The molecule has 30 heavy (non-hydrogen) atoms. The summed E-state index contributed by atoms with van der Waals surface area (Å²) in [4.78, 5) is 50.5. The molecule has 9 heteroatoms. The predicted molar refractivity (Wildman–Crippen MR) is 104 cm³/mol. The second kappa shape index (κ2) is 7.86. The molecule has 1 atom stereocenters. The third kappa shape index (κ3) is 3.45. The van der Waals surface area contributed by atoms with Gasteiger partial charge in [-0.1, -0.05) is 12.1 Å². The van der Waals surface area contributed by atoms with Crippen molar-refractivity contribution >= 4 is 23.6 Å². The Morgan fingerprint density at radius 2 is 1.60 bits per heavy atom. The van der Waals surface area contributed by atoms with Crippen LogP contribution in [0.2, 0.25) is 0 Å². The molecule has 9 nitrogen and oxygen atoms in total. The second-order valence-electron chi connectivity index (χ2n) is 6.82. The summed E-state index contributed by atoms with van der Waals surface area (Å²) in [5.74, 6) is -0.701. The van der Waals surface area contributed by atoms with Gasteiger partial charge in [-0.05, 0) is 37.3 Å². The van der Waals surface area contributed by atoms with Crippen molar-refractivity contribution in [1.82, 2.24) is 15.5 Å². The van der Waals surface area contributed by atoms with Crippen molar-refractivity contribution in [1.29, 1.82) is 0 Å². The topological polar surface area (TPSA) is 114 Å².